The molecule has 0 atom stereocenters. The van der Waals surface area contributed by atoms with Crippen LogP contribution in [-0.4, -0.2) is 53.2 Å². The van der Waals surface area contributed by atoms with Crippen molar-refractivity contribution in [3.8, 4) is 0 Å². The minimum absolute atomic E-state index is 0.0241. The number of carbonyl (C=O) groups is 5. The van der Waals surface area contributed by atoms with Crippen LogP contribution < -0.4 is 5.32 Å². The topological polar surface area (TPSA) is 145 Å². The molecule has 192 valence electrons. The van der Waals surface area contributed by atoms with Gasteiger partial charge in [0.25, 0.3) is 0 Å². The summed E-state index contributed by atoms with van der Waals surface area (Å²) >= 11 is 0. The number of halogens is 1. The molecule has 0 saturated heterocycles. The van der Waals surface area contributed by atoms with Crippen LogP contribution in [0, 0.1) is 0 Å². The molecule has 1 amide bonds. The first-order valence-electron chi connectivity index (χ1n) is 10.4. The number of carbonyl (C=O) groups excluding carboxylic acids is 4. The molecular formula is C24H30FNO9. The van der Waals surface area contributed by atoms with Gasteiger partial charge >= 0.3 is 29.5 Å². The maximum Gasteiger partial charge on any atom is 0.361 e. The number of methoxy groups -OCH3 is 1. The van der Waals surface area contributed by atoms with Gasteiger partial charge in [0.1, 0.15) is 16.9 Å². The summed E-state index contributed by atoms with van der Waals surface area (Å²) in [5.74, 6) is -6.50. The van der Waals surface area contributed by atoms with Crippen LogP contribution in [0.15, 0.2) is 23.9 Å². The standard InChI is InChI=1S/C24H30FNO9/c1-13(27)26-17(18(28)29)12-14-9-10-16(15(11-14)19(30)33-8)24(25,20(31)34-22(2,3)4)21(32)35-23(5,6)7/h9-12H,1-8H3,(H,26,27)(H,28,29)/b17-12-. The van der Waals surface area contributed by atoms with E-state index in [0.717, 1.165) is 38.3 Å². The lowest BCUT2D eigenvalue weighted by molar-refractivity contribution is -0.188. The zero-order valence-corrected chi connectivity index (χ0v) is 20.9. The van der Waals surface area contributed by atoms with Crippen LogP contribution in [-0.2, 0) is 39.1 Å². The largest absolute Gasteiger partial charge is 0.477 e. The molecule has 0 unspecified atom stereocenters. The van der Waals surface area contributed by atoms with E-state index in [0.29, 0.717) is 0 Å². The number of hydrogen-bond donors (Lipinski definition) is 2. The number of alkyl halides is 1. The van der Waals surface area contributed by atoms with Crippen molar-refractivity contribution in [1.82, 2.24) is 5.32 Å². The molecule has 35 heavy (non-hydrogen) atoms. The predicted molar refractivity (Wildman–Crippen MR) is 122 cm³/mol. The van der Waals surface area contributed by atoms with Gasteiger partial charge in [0.2, 0.25) is 5.91 Å². The zero-order valence-electron chi connectivity index (χ0n) is 20.9. The fourth-order valence-electron chi connectivity index (χ4n) is 2.74. The van der Waals surface area contributed by atoms with Crippen LogP contribution in [0.25, 0.3) is 6.08 Å². The molecule has 1 rings (SSSR count). The van der Waals surface area contributed by atoms with E-state index in [4.69, 9.17) is 9.47 Å². The summed E-state index contributed by atoms with van der Waals surface area (Å²) in [4.78, 5) is 61.2. The Morgan fingerprint density at radius 1 is 0.943 bits per heavy atom. The summed E-state index contributed by atoms with van der Waals surface area (Å²) in [7, 11) is 0.996. The van der Waals surface area contributed by atoms with Crippen molar-refractivity contribution < 1.29 is 47.7 Å². The average molecular weight is 496 g/mol. The number of hydrogen-bond acceptors (Lipinski definition) is 8. The highest BCUT2D eigenvalue weighted by Crippen LogP contribution is 2.36. The van der Waals surface area contributed by atoms with Gasteiger partial charge in [-0.15, -0.1) is 0 Å². The molecule has 0 aliphatic rings. The fraction of sp³-hybridized carbons (Fsp3) is 0.458. The van der Waals surface area contributed by atoms with E-state index < -0.39 is 63.5 Å². The summed E-state index contributed by atoms with van der Waals surface area (Å²) < 4.78 is 31.4. The van der Waals surface area contributed by atoms with Crippen molar-refractivity contribution in [1.29, 1.82) is 0 Å². The highest BCUT2D eigenvalue weighted by atomic mass is 19.1. The minimum Gasteiger partial charge on any atom is -0.477 e. The molecule has 0 bridgehead atoms. The van der Waals surface area contributed by atoms with E-state index in [1.807, 2.05) is 0 Å². The van der Waals surface area contributed by atoms with Crippen molar-refractivity contribution >= 4 is 35.9 Å². The van der Waals surface area contributed by atoms with E-state index in [9.17, 15) is 29.1 Å². The zero-order chi connectivity index (χ0) is 27.4. The average Bonchev–Trinajstić information content (AvgIpc) is 2.68. The lowest BCUT2D eigenvalue weighted by Crippen LogP contribution is -2.47. The van der Waals surface area contributed by atoms with E-state index >= 15 is 4.39 Å². The van der Waals surface area contributed by atoms with E-state index in [-0.39, 0.29) is 5.56 Å². The van der Waals surface area contributed by atoms with Gasteiger partial charge in [-0.2, -0.15) is 0 Å². The summed E-state index contributed by atoms with van der Waals surface area (Å²) in [5, 5.41) is 11.4. The molecule has 0 aromatic heterocycles. The third-order valence-corrected chi connectivity index (χ3v) is 4.03. The van der Waals surface area contributed by atoms with Gasteiger partial charge in [-0.25, -0.2) is 23.6 Å². The molecule has 10 nitrogen and oxygen atoms in total. The number of carboxylic acid groups (broad SMARTS) is 1. The van der Waals surface area contributed by atoms with Crippen LogP contribution in [0.3, 0.4) is 0 Å². The summed E-state index contributed by atoms with van der Waals surface area (Å²) in [6.07, 6.45) is 1.00. The maximum absolute atomic E-state index is 16.5. The predicted octanol–water partition coefficient (Wildman–Crippen LogP) is 2.88. The second-order valence-electron chi connectivity index (χ2n) is 9.50. The first-order valence-corrected chi connectivity index (χ1v) is 10.4. The Bertz CT molecular complexity index is 1030. The molecule has 0 heterocycles. The fourth-order valence-corrected chi connectivity index (χ4v) is 2.74. The molecule has 0 aliphatic heterocycles. The second-order valence-corrected chi connectivity index (χ2v) is 9.50. The van der Waals surface area contributed by atoms with Crippen molar-refractivity contribution in [3.05, 3.63) is 40.6 Å². The first kappa shape index (κ1) is 29.3. The summed E-state index contributed by atoms with van der Waals surface area (Å²) in [6, 6.07) is 3.10. The maximum atomic E-state index is 16.5. The Morgan fingerprint density at radius 3 is 1.80 bits per heavy atom. The Hall–Kier alpha value is -3.76. The highest BCUT2D eigenvalue weighted by Gasteiger charge is 2.55. The van der Waals surface area contributed by atoms with Crippen molar-refractivity contribution in [2.75, 3.05) is 7.11 Å². The number of ether oxygens (including phenoxy) is 3. The van der Waals surface area contributed by atoms with E-state index in [1.165, 1.54) is 41.5 Å². The van der Waals surface area contributed by atoms with Crippen molar-refractivity contribution in [2.45, 2.75) is 65.3 Å². The summed E-state index contributed by atoms with van der Waals surface area (Å²) in [5.41, 5.74) is -7.75. The highest BCUT2D eigenvalue weighted by molar-refractivity contribution is 6.08. The third-order valence-electron chi connectivity index (χ3n) is 4.03. The number of nitrogens with one attached hydrogen (secondary N) is 1. The van der Waals surface area contributed by atoms with Gasteiger partial charge in [-0.3, -0.25) is 4.79 Å². The molecule has 2 N–H and O–H groups in total. The number of rotatable bonds is 7. The minimum atomic E-state index is -3.57. The van der Waals surface area contributed by atoms with Crippen molar-refractivity contribution in [3.63, 3.8) is 0 Å². The second kappa shape index (κ2) is 10.7. The van der Waals surface area contributed by atoms with E-state index in [2.05, 4.69) is 10.1 Å². The van der Waals surface area contributed by atoms with Gasteiger partial charge in [-0.05, 0) is 59.2 Å². The normalized spacial score (nSPS) is 12.4. The van der Waals surface area contributed by atoms with Crippen LogP contribution in [0.1, 0.15) is 70.0 Å². The Balaban J connectivity index is 3.87. The van der Waals surface area contributed by atoms with Gasteiger partial charge in [0.05, 0.1) is 12.7 Å². The lowest BCUT2D eigenvalue weighted by Gasteiger charge is -2.30. The smallest absolute Gasteiger partial charge is 0.361 e. The molecule has 1 aromatic carbocycles. The Morgan fingerprint density at radius 2 is 1.43 bits per heavy atom. The number of amides is 1. The van der Waals surface area contributed by atoms with Crippen LogP contribution in [0.2, 0.25) is 0 Å². The molecule has 0 fully saturated rings. The van der Waals surface area contributed by atoms with Crippen LogP contribution in [0.4, 0.5) is 4.39 Å². The number of carboxylic acids is 1. The first-order chi connectivity index (χ1) is 15.8. The quantitative estimate of drug-likeness (QED) is 0.252. The number of benzene rings is 1. The number of aliphatic carboxylic acids is 1. The van der Waals surface area contributed by atoms with Crippen molar-refractivity contribution in [2.24, 2.45) is 0 Å². The molecule has 0 aliphatic carbocycles. The molecule has 1 aromatic rings. The SMILES string of the molecule is COC(=O)c1cc(/C=C(\NC(C)=O)C(=O)O)ccc1C(F)(C(=O)OC(C)(C)C)C(=O)OC(C)(C)C. The third kappa shape index (κ3) is 7.90. The van der Waals surface area contributed by atoms with Gasteiger partial charge in [0.15, 0.2) is 0 Å². The van der Waals surface area contributed by atoms with Gasteiger partial charge in [-0.1, -0.05) is 12.1 Å². The lowest BCUT2D eigenvalue weighted by atomic mass is 9.89. The van der Waals surface area contributed by atoms with Crippen LogP contribution >= 0.6 is 0 Å². The van der Waals surface area contributed by atoms with Gasteiger partial charge in [0, 0.05) is 12.5 Å². The Labute approximate surface area is 202 Å². The van der Waals surface area contributed by atoms with E-state index in [1.54, 1.807) is 0 Å². The number of esters is 3. The molecule has 0 saturated carbocycles. The van der Waals surface area contributed by atoms with Gasteiger partial charge < -0.3 is 24.6 Å². The molecular weight excluding hydrogens is 465 g/mol. The molecule has 0 radical (unpaired) electrons. The monoisotopic (exact) mass is 495 g/mol. The molecule has 11 heteroatoms. The Kier molecular flexibility index (Phi) is 8.92. The summed E-state index contributed by atoms with van der Waals surface area (Å²) in [6.45, 7) is 9.88. The van der Waals surface area contributed by atoms with Crippen LogP contribution in [0.5, 0.6) is 0 Å². The molecule has 0 spiro atoms.